The quantitative estimate of drug-likeness (QED) is 0.491. The van der Waals surface area contributed by atoms with Crippen LogP contribution in [0.25, 0.3) is 0 Å². The van der Waals surface area contributed by atoms with Gasteiger partial charge in [0.05, 0.1) is 15.5 Å². The molecule has 0 spiro atoms. The van der Waals surface area contributed by atoms with Crippen molar-refractivity contribution in [3.05, 3.63) is 61.1 Å². The summed E-state index contributed by atoms with van der Waals surface area (Å²) in [6, 6.07) is 8.00. The van der Waals surface area contributed by atoms with Gasteiger partial charge < -0.3 is 10.4 Å². The minimum absolute atomic E-state index is 0.106. The van der Waals surface area contributed by atoms with Crippen molar-refractivity contribution >= 4 is 38.7 Å². The molecule has 9 heteroatoms. The number of rotatable bonds is 4. The number of benzene rings is 2. The number of phenolic OH excluding ortho intramolecular Hbond substituents is 1. The normalized spacial score (nSPS) is 10.1. The Hall–Kier alpha value is -2.68. The highest BCUT2D eigenvalue weighted by molar-refractivity contribution is 9.10. The van der Waals surface area contributed by atoms with E-state index in [1.54, 1.807) is 12.1 Å². The Kier molecular flexibility index (Phi) is 4.03. The van der Waals surface area contributed by atoms with E-state index in [4.69, 9.17) is 0 Å². The SMILES string of the molecule is O=[N+]([O-])c1cccc([N+](=O)[O-])c1Nc1c(O)cccc1Br. The zero-order valence-corrected chi connectivity index (χ0v) is 11.9. The molecule has 0 aliphatic rings. The van der Waals surface area contributed by atoms with Crippen molar-refractivity contribution in [2.24, 2.45) is 0 Å². The van der Waals surface area contributed by atoms with Gasteiger partial charge in [0.25, 0.3) is 11.4 Å². The predicted molar refractivity (Wildman–Crippen MR) is 78.8 cm³/mol. The summed E-state index contributed by atoms with van der Waals surface area (Å²) >= 11 is 3.17. The van der Waals surface area contributed by atoms with Crippen LogP contribution in [0.3, 0.4) is 0 Å². The molecule has 0 amide bonds. The Balaban J connectivity index is 2.62. The van der Waals surface area contributed by atoms with Gasteiger partial charge in [-0.2, -0.15) is 0 Å². The van der Waals surface area contributed by atoms with Gasteiger partial charge in [-0.25, -0.2) is 0 Å². The summed E-state index contributed by atoms with van der Waals surface area (Å²) in [5, 5.41) is 34.4. The fourth-order valence-corrected chi connectivity index (χ4v) is 2.18. The van der Waals surface area contributed by atoms with E-state index < -0.39 is 21.2 Å². The molecule has 2 aromatic carbocycles. The molecular weight excluding hydrogens is 346 g/mol. The molecule has 0 heterocycles. The van der Waals surface area contributed by atoms with Gasteiger partial charge >= 0.3 is 0 Å². The fraction of sp³-hybridized carbons (Fsp3) is 0. The number of hydrogen-bond donors (Lipinski definition) is 2. The highest BCUT2D eigenvalue weighted by Crippen LogP contribution is 2.40. The Morgan fingerprint density at radius 1 is 0.952 bits per heavy atom. The van der Waals surface area contributed by atoms with E-state index in [0.29, 0.717) is 4.47 Å². The van der Waals surface area contributed by atoms with Crippen molar-refractivity contribution in [3.8, 4) is 5.75 Å². The lowest BCUT2D eigenvalue weighted by Gasteiger charge is -2.10. The van der Waals surface area contributed by atoms with Crippen molar-refractivity contribution in [1.29, 1.82) is 0 Å². The largest absolute Gasteiger partial charge is 0.506 e. The zero-order chi connectivity index (χ0) is 15.6. The Bertz CT molecular complexity index is 682. The van der Waals surface area contributed by atoms with Crippen LogP contribution in [-0.4, -0.2) is 15.0 Å². The number of nitrogens with one attached hydrogen (secondary N) is 1. The second kappa shape index (κ2) is 5.75. The van der Waals surface area contributed by atoms with Crippen LogP contribution >= 0.6 is 15.9 Å². The number of hydrogen-bond acceptors (Lipinski definition) is 6. The minimum atomic E-state index is -0.733. The molecule has 0 fully saturated rings. The van der Waals surface area contributed by atoms with E-state index in [-0.39, 0.29) is 17.1 Å². The third-order valence-corrected chi connectivity index (χ3v) is 3.32. The second-order valence-electron chi connectivity index (χ2n) is 3.94. The Morgan fingerprint density at radius 3 is 1.95 bits per heavy atom. The first kappa shape index (κ1) is 14.7. The summed E-state index contributed by atoms with van der Waals surface area (Å²) in [5.74, 6) is -0.197. The van der Waals surface area contributed by atoms with Crippen molar-refractivity contribution in [1.82, 2.24) is 0 Å². The number of nitrogens with zero attached hydrogens (tertiary/aromatic N) is 2. The molecule has 0 bridgehead atoms. The third kappa shape index (κ3) is 2.92. The highest BCUT2D eigenvalue weighted by atomic mass is 79.9. The van der Waals surface area contributed by atoms with E-state index in [2.05, 4.69) is 21.2 Å². The molecule has 0 radical (unpaired) electrons. The Morgan fingerprint density at radius 2 is 1.48 bits per heavy atom. The van der Waals surface area contributed by atoms with Crippen LogP contribution in [0.15, 0.2) is 40.9 Å². The standard InChI is InChI=1S/C12H8BrN3O5/c13-7-3-1-6-10(17)11(7)14-12-8(15(18)19)4-2-5-9(12)16(20)21/h1-6,14,17H. The van der Waals surface area contributed by atoms with Crippen LogP contribution < -0.4 is 5.32 Å². The van der Waals surface area contributed by atoms with Crippen LogP contribution in [0.4, 0.5) is 22.7 Å². The van der Waals surface area contributed by atoms with Gasteiger partial charge in [0.15, 0.2) is 5.69 Å². The average Bonchev–Trinajstić information content (AvgIpc) is 2.42. The van der Waals surface area contributed by atoms with Crippen molar-refractivity contribution in [2.45, 2.75) is 0 Å². The summed E-state index contributed by atoms with van der Waals surface area (Å²) in [5.41, 5.74) is -1.11. The number of aromatic hydroxyl groups is 1. The molecule has 0 aromatic heterocycles. The predicted octanol–water partition coefficient (Wildman–Crippen LogP) is 3.71. The molecular formula is C12H8BrN3O5. The molecule has 0 saturated heterocycles. The maximum Gasteiger partial charge on any atom is 0.299 e. The molecule has 0 unspecified atom stereocenters. The van der Waals surface area contributed by atoms with Gasteiger partial charge in [-0.3, -0.25) is 20.2 Å². The summed E-state index contributed by atoms with van der Waals surface area (Å²) < 4.78 is 0.412. The summed E-state index contributed by atoms with van der Waals surface area (Å²) in [6.45, 7) is 0. The summed E-state index contributed by atoms with van der Waals surface area (Å²) in [4.78, 5) is 20.6. The molecule has 0 aliphatic heterocycles. The highest BCUT2D eigenvalue weighted by Gasteiger charge is 2.26. The number of para-hydroxylation sites is 2. The minimum Gasteiger partial charge on any atom is -0.506 e. The van der Waals surface area contributed by atoms with E-state index in [0.717, 1.165) is 12.1 Å². The molecule has 0 saturated carbocycles. The van der Waals surface area contributed by atoms with Gasteiger partial charge in [-0.15, -0.1) is 0 Å². The zero-order valence-electron chi connectivity index (χ0n) is 10.3. The molecule has 108 valence electrons. The van der Waals surface area contributed by atoms with Crippen LogP contribution in [0, 0.1) is 20.2 Å². The third-order valence-electron chi connectivity index (χ3n) is 2.66. The first-order valence-corrected chi connectivity index (χ1v) is 6.37. The van der Waals surface area contributed by atoms with E-state index in [1.165, 1.54) is 12.1 Å². The van der Waals surface area contributed by atoms with Crippen molar-refractivity contribution in [3.63, 3.8) is 0 Å². The van der Waals surface area contributed by atoms with E-state index in [9.17, 15) is 25.3 Å². The van der Waals surface area contributed by atoms with Crippen LogP contribution in [-0.2, 0) is 0 Å². The molecule has 2 aromatic rings. The fourth-order valence-electron chi connectivity index (χ4n) is 1.72. The van der Waals surface area contributed by atoms with Crippen molar-refractivity contribution in [2.75, 3.05) is 5.32 Å². The van der Waals surface area contributed by atoms with Gasteiger partial charge in [0, 0.05) is 16.6 Å². The molecule has 0 aliphatic carbocycles. The van der Waals surface area contributed by atoms with Gasteiger partial charge in [0.1, 0.15) is 5.75 Å². The van der Waals surface area contributed by atoms with Crippen molar-refractivity contribution < 1.29 is 15.0 Å². The average molecular weight is 354 g/mol. The Labute approximate surface area is 126 Å². The molecule has 0 atom stereocenters. The second-order valence-corrected chi connectivity index (χ2v) is 4.80. The maximum atomic E-state index is 11.0. The molecule has 21 heavy (non-hydrogen) atoms. The number of nitro benzene ring substituents is 2. The molecule has 2 N–H and O–H groups in total. The first-order chi connectivity index (χ1) is 9.91. The number of anilines is 2. The number of nitro groups is 2. The molecule has 2 rings (SSSR count). The lowest BCUT2D eigenvalue weighted by Crippen LogP contribution is -2.02. The summed E-state index contributed by atoms with van der Waals surface area (Å²) in [6.07, 6.45) is 0. The van der Waals surface area contributed by atoms with Gasteiger partial charge in [-0.1, -0.05) is 6.07 Å². The maximum absolute atomic E-state index is 11.0. The smallest absolute Gasteiger partial charge is 0.299 e. The van der Waals surface area contributed by atoms with Crippen LogP contribution in [0.1, 0.15) is 0 Å². The summed E-state index contributed by atoms with van der Waals surface area (Å²) in [7, 11) is 0. The first-order valence-electron chi connectivity index (χ1n) is 5.58. The van der Waals surface area contributed by atoms with E-state index in [1.807, 2.05) is 0 Å². The van der Waals surface area contributed by atoms with Crippen LogP contribution in [0.5, 0.6) is 5.75 Å². The van der Waals surface area contributed by atoms with E-state index >= 15 is 0 Å². The van der Waals surface area contributed by atoms with Gasteiger partial charge in [-0.05, 0) is 34.1 Å². The lowest BCUT2D eigenvalue weighted by atomic mass is 10.2. The monoisotopic (exact) mass is 353 g/mol. The van der Waals surface area contributed by atoms with Gasteiger partial charge in [0.2, 0.25) is 0 Å². The number of phenols is 1. The topological polar surface area (TPSA) is 119 Å². The number of halogens is 1. The van der Waals surface area contributed by atoms with Crippen LogP contribution in [0.2, 0.25) is 0 Å². The lowest BCUT2D eigenvalue weighted by molar-refractivity contribution is -0.392. The molecule has 8 nitrogen and oxygen atoms in total.